The molecule has 14 rings (SSSR count). The number of hydrogen-bond acceptors (Lipinski definition) is 2. The second kappa shape index (κ2) is 11.0. The van der Waals surface area contributed by atoms with Crippen molar-refractivity contribution in [2.24, 2.45) is 17.8 Å². The van der Waals surface area contributed by atoms with Crippen LogP contribution in [0.5, 0.6) is 0 Å². The molecule has 4 aliphatic rings. The van der Waals surface area contributed by atoms with Crippen molar-refractivity contribution in [3.05, 3.63) is 151 Å². The largest absolute Gasteiger partial charge is 0.455 e. The highest BCUT2D eigenvalue weighted by molar-refractivity contribution is 6.13. The molecule has 4 nitrogen and oxygen atoms in total. The van der Waals surface area contributed by atoms with Crippen molar-refractivity contribution in [3.8, 4) is 22.6 Å². The Labute approximate surface area is 318 Å². The monoisotopic (exact) mass is 709 g/mol. The summed E-state index contributed by atoms with van der Waals surface area (Å²) >= 11 is 0. The number of aromatic nitrogens is 3. The van der Waals surface area contributed by atoms with Crippen molar-refractivity contribution in [2.75, 3.05) is 0 Å². The van der Waals surface area contributed by atoms with Crippen molar-refractivity contribution < 1.29 is 4.42 Å². The van der Waals surface area contributed by atoms with Crippen LogP contribution in [0.1, 0.15) is 44.1 Å². The topological polar surface area (TPSA) is 35.9 Å². The minimum absolute atomic E-state index is 0.366. The highest BCUT2D eigenvalue weighted by Crippen LogP contribution is 2.61. The fourth-order valence-electron chi connectivity index (χ4n) is 12.1. The summed E-state index contributed by atoms with van der Waals surface area (Å²) in [5, 5.41) is 7.39. The Morgan fingerprint density at radius 3 is 1.91 bits per heavy atom. The van der Waals surface area contributed by atoms with Crippen LogP contribution in [-0.2, 0) is 5.41 Å². The zero-order chi connectivity index (χ0) is 35.8. The van der Waals surface area contributed by atoms with Gasteiger partial charge in [0.25, 0.3) is 0 Å². The number of rotatable bonds is 4. The first-order valence-corrected chi connectivity index (χ1v) is 20.1. The van der Waals surface area contributed by atoms with Gasteiger partial charge in [-0.3, -0.25) is 4.57 Å². The van der Waals surface area contributed by atoms with E-state index in [0.717, 1.165) is 73.4 Å². The second-order valence-corrected chi connectivity index (χ2v) is 17.0. The van der Waals surface area contributed by atoms with Crippen molar-refractivity contribution in [1.29, 1.82) is 0 Å². The lowest BCUT2D eigenvalue weighted by molar-refractivity contribution is -0.00512. The number of benzene rings is 6. The van der Waals surface area contributed by atoms with Gasteiger partial charge >= 0.3 is 0 Å². The molecule has 4 saturated carbocycles. The maximum atomic E-state index is 6.46. The van der Waals surface area contributed by atoms with Gasteiger partial charge in [-0.05, 0) is 121 Å². The average Bonchev–Trinajstić information content (AvgIpc) is 3.88. The van der Waals surface area contributed by atoms with Crippen molar-refractivity contribution in [3.63, 3.8) is 0 Å². The predicted molar refractivity (Wildman–Crippen MR) is 225 cm³/mol. The number of fused-ring (bicyclic) bond motifs is 9. The van der Waals surface area contributed by atoms with E-state index in [-0.39, 0.29) is 0 Å². The summed E-state index contributed by atoms with van der Waals surface area (Å²) in [6.07, 6.45) is 10.5. The zero-order valence-corrected chi connectivity index (χ0v) is 30.6. The van der Waals surface area contributed by atoms with Gasteiger partial charge in [-0.25, -0.2) is 4.98 Å². The van der Waals surface area contributed by atoms with Crippen LogP contribution in [-0.4, -0.2) is 14.1 Å². The molecule has 4 fully saturated rings. The van der Waals surface area contributed by atoms with Gasteiger partial charge in [0.1, 0.15) is 17.0 Å². The third kappa shape index (κ3) is 4.25. The van der Waals surface area contributed by atoms with Crippen LogP contribution in [0.4, 0.5) is 0 Å². The third-order valence-corrected chi connectivity index (χ3v) is 13.9. The molecule has 0 saturated heterocycles. The van der Waals surface area contributed by atoms with Crippen LogP contribution in [0.25, 0.3) is 88.2 Å². The summed E-state index contributed by atoms with van der Waals surface area (Å²) < 4.78 is 11.3. The summed E-state index contributed by atoms with van der Waals surface area (Å²) in [5.41, 5.74) is 11.9. The first-order chi connectivity index (χ1) is 27.2. The number of pyridine rings is 1. The molecule has 55 heavy (non-hydrogen) atoms. The summed E-state index contributed by atoms with van der Waals surface area (Å²) in [4.78, 5) is 5.05. The molecule has 0 amide bonds. The molecule has 0 spiro atoms. The number of para-hydroxylation sites is 4. The number of nitrogens with zero attached hydrogens (tertiary/aromatic N) is 3. The van der Waals surface area contributed by atoms with Crippen LogP contribution in [0.2, 0.25) is 0 Å². The SMILES string of the molecule is c1ccc2c(c1)oc1c(-c3ccc4c(c3)c3ccccc3n4-c3cc(-n4c5ccccc5c5cc(C67CC8CC(CC(C8)C6)C7)ccc54)ccn3)cccc12. The van der Waals surface area contributed by atoms with E-state index in [1.54, 1.807) is 5.56 Å². The lowest BCUT2D eigenvalue weighted by Gasteiger charge is -2.57. The molecule has 4 heteroatoms. The molecule has 4 heterocycles. The number of hydrogen-bond donors (Lipinski definition) is 0. The van der Waals surface area contributed by atoms with Crippen molar-refractivity contribution >= 4 is 65.6 Å². The van der Waals surface area contributed by atoms with Gasteiger partial charge in [0, 0.05) is 50.1 Å². The van der Waals surface area contributed by atoms with Gasteiger partial charge in [0.15, 0.2) is 0 Å². The van der Waals surface area contributed by atoms with Gasteiger partial charge in [-0.15, -0.1) is 0 Å². The van der Waals surface area contributed by atoms with E-state index >= 15 is 0 Å². The smallest absolute Gasteiger partial charge is 0.143 e. The Hall–Kier alpha value is -6.13. The fraction of sp³-hybridized carbons (Fsp3) is 0.196. The molecule has 0 aliphatic heterocycles. The van der Waals surface area contributed by atoms with E-state index in [0.29, 0.717) is 5.41 Å². The summed E-state index contributed by atoms with van der Waals surface area (Å²) in [5.74, 6) is 3.69. The van der Waals surface area contributed by atoms with Crippen LogP contribution >= 0.6 is 0 Å². The summed E-state index contributed by atoms with van der Waals surface area (Å²) in [7, 11) is 0. The second-order valence-electron chi connectivity index (χ2n) is 17.0. The quantitative estimate of drug-likeness (QED) is 0.182. The normalized spacial score (nSPS) is 22.0. The average molecular weight is 710 g/mol. The highest BCUT2D eigenvalue weighted by atomic mass is 16.3. The molecular formula is C51H39N3O. The third-order valence-electron chi connectivity index (χ3n) is 13.9. The Bertz CT molecular complexity index is 3170. The van der Waals surface area contributed by atoms with Gasteiger partial charge in [0.2, 0.25) is 0 Å². The highest BCUT2D eigenvalue weighted by Gasteiger charge is 2.51. The Morgan fingerprint density at radius 2 is 1.13 bits per heavy atom. The molecular weight excluding hydrogens is 671 g/mol. The molecule has 0 unspecified atom stereocenters. The van der Waals surface area contributed by atoms with E-state index in [2.05, 4.69) is 143 Å². The van der Waals surface area contributed by atoms with E-state index in [1.165, 1.54) is 71.1 Å². The molecule has 0 atom stereocenters. The van der Waals surface area contributed by atoms with E-state index < -0.39 is 0 Å². The molecule has 10 aromatic rings. The summed E-state index contributed by atoms with van der Waals surface area (Å²) in [6.45, 7) is 0. The maximum Gasteiger partial charge on any atom is 0.143 e. The lowest BCUT2D eigenvalue weighted by atomic mass is 9.48. The molecule has 0 N–H and O–H groups in total. The minimum atomic E-state index is 0.366. The molecule has 4 aromatic heterocycles. The van der Waals surface area contributed by atoms with E-state index in [9.17, 15) is 0 Å². The standard InChI is InChI=1S/C51H39N3O/c1-4-13-44-39(9-1)43-26-35(51-28-31-22-32(29-51)24-33(23-31)30-51)17-19-46(43)53(44)36-20-21-52-49(27-36)54-45-14-5-2-8-38(45)42-25-34(16-18-47(42)54)37-11-7-12-41-40-10-3-6-15-48(40)55-50(37)41/h1-21,25-27,31-33H,22-24,28-30H2. The summed E-state index contributed by atoms with van der Waals surface area (Å²) in [6, 6.07) is 51.2. The van der Waals surface area contributed by atoms with Gasteiger partial charge in [0.05, 0.1) is 27.8 Å². The molecule has 4 aliphatic carbocycles. The Kier molecular flexibility index (Phi) is 6.03. The van der Waals surface area contributed by atoms with Crippen LogP contribution in [0.3, 0.4) is 0 Å². The Balaban J connectivity index is 0.967. The van der Waals surface area contributed by atoms with Crippen LogP contribution in [0, 0.1) is 17.8 Å². The van der Waals surface area contributed by atoms with Crippen molar-refractivity contribution in [1.82, 2.24) is 14.1 Å². The molecule has 4 bridgehead atoms. The first-order valence-electron chi connectivity index (χ1n) is 20.1. The lowest BCUT2D eigenvalue weighted by Crippen LogP contribution is -2.48. The minimum Gasteiger partial charge on any atom is -0.455 e. The van der Waals surface area contributed by atoms with Crippen LogP contribution < -0.4 is 0 Å². The van der Waals surface area contributed by atoms with Gasteiger partial charge < -0.3 is 8.98 Å². The Morgan fingerprint density at radius 1 is 0.509 bits per heavy atom. The van der Waals surface area contributed by atoms with Gasteiger partial charge in [-0.2, -0.15) is 0 Å². The molecule has 6 aromatic carbocycles. The van der Waals surface area contributed by atoms with Crippen molar-refractivity contribution in [2.45, 2.75) is 43.9 Å². The zero-order valence-electron chi connectivity index (χ0n) is 30.6. The first kappa shape index (κ1) is 30.2. The predicted octanol–water partition coefficient (Wildman–Crippen LogP) is 13.3. The molecule has 264 valence electrons. The fourth-order valence-corrected chi connectivity index (χ4v) is 12.1. The van der Waals surface area contributed by atoms with E-state index in [4.69, 9.17) is 9.40 Å². The van der Waals surface area contributed by atoms with Crippen LogP contribution in [0.15, 0.2) is 150 Å². The molecule has 0 radical (unpaired) electrons. The number of furan rings is 1. The van der Waals surface area contributed by atoms with Gasteiger partial charge in [-0.1, -0.05) is 84.9 Å². The van der Waals surface area contributed by atoms with E-state index in [1.807, 2.05) is 12.3 Å². The maximum absolute atomic E-state index is 6.46.